The number of aliphatic hydroxyl groups is 3. The lowest BCUT2D eigenvalue weighted by molar-refractivity contribution is -0.0941. The normalized spacial score (nSPS) is 38.8. The second kappa shape index (κ2) is 7.10. The first-order valence-electron chi connectivity index (χ1n) is 7.07. The average molecular weight is 275 g/mol. The van der Waals surface area contributed by atoms with Crippen LogP contribution in [0, 0.1) is 0 Å². The Bertz CT molecular complexity index is 248. The van der Waals surface area contributed by atoms with E-state index in [1.54, 1.807) is 0 Å². The summed E-state index contributed by atoms with van der Waals surface area (Å²) < 4.78 is 0. The zero-order valence-corrected chi connectivity index (χ0v) is 11.6. The fraction of sp³-hybridized carbons (Fsp3) is 1.00. The van der Waals surface area contributed by atoms with Gasteiger partial charge >= 0.3 is 0 Å². The summed E-state index contributed by atoms with van der Waals surface area (Å²) in [5.74, 6) is 1.02. The van der Waals surface area contributed by atoms with Gasteiger partial charge in [-0.15, -0.1) is 0 Å². The third-order valence-corrected chi connectivity index (χ3v) is 5.49. The monoisotopic (exact) mass is 275 g/mol. The van der Waals surface area contributed by atoms with E-state index in [0.717, 1.165) is 17.4 Å². The predicted molar refractivity (Wildman–Crippen MR) is 73.8 cm³/mol. The second-order valence-corrected chi connectivity index (χ2v) is 6.89. The van der Waals surface area contributed by atoms with Gasteiger partial charge in [-0.2, -0.15) is 11.8 Å². The molecule has 0 aromatic carbocycles. The van der Waals surface area contributed by atoms with Gasteiger partial charge in [-0.3, -0.25) is 0 Å². The highest BCUT2D eigenvalue weighted by molar-refractivity contribution is 7.99. The summed E-state index contributed by atoms with van der Waals surface area (Å²) in [4.78, 5) is 0. The van der Waals surface area contributed by atoms with Crippen molar-refractivity contribution < 1.29 is 15.3 Å². The molecular formula is C13H25NO3S. The Balaban J connectivity index is 1.66. The average Bonchev–Trinajstić information content (AvgIpc) is 2.40. The number of nitrogens with one attached hydrogen (secondary N) is 1. The highest BCUT2D eigenvalue weighted by atomic mass is 32.2. The van der Waals surface area contributed by atoms with Crippen LogP contribution < -0.4 is 5.32 Å². The first-order chi connectivity index (χ1) is 8.68. The molecule has 0 unspecified atom stereocenters. The number of hydrogen-bond acceptors (Lipinski definition) is 5. The van der Waals surface area contributed by atoms with Crippen LogP contribution in [-0.2, 0) is 0 Å². The van der Waals surface area contributed by atoms with Crippen LogP contribution in [0.15, 0.2) is 0 Å². The largest absolute Gasteiger partial charge is 0.389 e. The van der Waals surface area contributed by atoms with Crippen molar-refractivity contribution >= 4 is 11.8 Å². The lowest BCUT2D eigenvalue weighted by Crippen LogP contribution is -2.59. The van der Waals surface area contributed by atoms with Crippen LogP contribution in [0.1, 0.15) is 38.5 Å². The van der Waals surface area contributed by atoms with Gasteiger partial charge in [-0.25, -0.2) is 0 Å². The van der Waals surface area contributed by atoms with Gasteiger partial charge < -0.3 is 20.6 Å². The fourth-order valence-electron chi connectivity index (χ4n) is 2.85. The Kier molecular flexibility index (Phi) is 5.76. The standard InChI is InChI=1S/C13H25NO3S/c15-11-8-14-10(12(16)13(11)17)6-7-18-9-4-2-1-3-5-9/h9-17H,1-8H2/t10-,11-,12+,13+/m1/s1. The van der Waals surface area contributed by atoms with Crippen molar-refractivity contribution in [1.82, 2.24) is 5.32 Å². The van der Waals surface area contributed by atoms with Gasteiger partial charge in [0.2, 0.25) is 0 Å². The Morgan fingerprint density at radius 2 is 1.72 bits per heavy atom. The highest BCUT2D eigenvalue weighted by Gasteiger charge is 2.35. The molecule has 0 amide bonds. The quantitative estimate of drug-likeness (QED) is 0.601. The third-order valence-electron chi connectivity index (χ3n) is 4.08. The Morgan fingerprint density at radius 3 is 2.44 bits per heavy atom. The van der Waals surface area contributed by atoms with Crippen LogP contribution in [0.3, 0.4) is 0 Å². The van der Waals surface area contributed by atoms with Crippen molar-refractivity contribution in [2.75, 3.05) is 12.3 Å². The number of β-amino-alcohol motifs (C(OH)–C–C–N with tert-alkyl or cyclic N) is 1. The van der Waals surface area contributed by atoms with E-state index in [4.69, 9.17) is 0 Å². The molecule has 1 aliphatic carbocycles. The van der Waals surface area contributed by atoms with Crippen molar-refractivity contribution in [2.24, 2.45) is 0 Å². The summed E-state index contributed by atoms with van der Waals surface area (Å²) in [5.41, 5.74) is 0. The van der Waals surface area contributed by atoms with Gasteiger partial charge in [0.15, 0.2) is 0 Å². The molecule has 5 heteroatoms. The van der Waals surface area contributed by atoms with Crippen LogP contribution >= 0.6 is 11.8 Å². The van der Waals surface area contributed by atoms with Crippen LogP contribution in [-0.4, -0.2) is 57.2 Å². The van der Waals surface area contributed by atoms with E-state index in [2.05, 4.69) is 5.32 Å². The molecule has 2 fully saturated rings. The number of hydrogen-bond donors (Lipinski definition) is 4. The molecule has 4 nitrogen and oxygen atoms in total. The van der Waals surface area contributed by atoms with E-state index in [-0.39, 0.29) is 6.04 Å². The molecular weight excluding hydrogens is 250 g/mol. The molecule has 0 radical (unpaired) electrons. The number of piperidine rings is 1. The maximum atomic E-state index is 9.86. The molecule has 4 atom stereocenters. The third kappa shape index (κ3) is 3.84. The second-order valence-electron chi connectivity index (χ2n) is 5.48. The summed E-state index contributed by atoms with van der Waals surface area (Å²) in [6, 6.07) is -0.0838. The SMILES string of the molecule is O[C@@H]1[C@@H](O)[C@@H](CCSC2CCCCC2)NC[C@H]1O. The van der Waals surface area contributed by atoms with Crippen LogP contribution in [0.2, 0.25) is 0 Å². The first-order valence-corrected chi connectivity index (χ1v) is 8.12. The Morgan fingerprint density at radius 1 is 1.00 bits per heavy atom. The fourth-order valence-corrected chi connectivity index (χ4v) is 4.24. The van der Waals surface area contributed by atoms with E-state index >= 15 is 0 Å². The molecule has 2 rings (SSSR count). The molecule has 18 heavy (non-hydrogen) atoms. The Hall–Kier alpha value is 0.190. The van der Waals surface area contributed by atoms with Gasteiger partial charge in [0, 0.05) is 17.8 Å². The maximum Gasteiger partial charge on any atom is 0.108 e. The smallest absolute Gasteiger partial charge is 0.108 e. The molecule has 1 saturated carbocycles. The lowest BCUT2D eigenvalue weighted by Gasteiger charge is -2.36. The van der Waals surface area contributed by atoms with Crippen LogP contribution in [0.4, 0.5) is 0 Å². The summed E-state index contributed by atoms with van der Waals surface area (Å²) in [5, 5.41) is 32.8. The van der Waals surface area contributed by atoms with Gasteiger partial charge in [-0.1, -0.05) is 19.3 Å². The van der Waals surface area contributed by atoms with E-state index in [1.807, 2.05) is 11.8 Å². The van der Waals surface area contributed by atoms with Crippen LogP contribution in [0.25, 0.3) is 0 Å². The van der Waals surface area contributed by atoms with Crippen molar-refractivity contribution in [3.8, 4) is 0 Å². The highest BCUT2D eigenvalue weighted by Crippen LogP contribution is 2.29. The number of aliphatic hydroxyl groups excluding tert-OH is 3. The van der Waals surface area contributed by atoms with Gasteiger partial charge in [0.05, 0.1) is 12.2 Å². The Labute approximate surface area is 113 Å². The van der Waals surface area contributed by atoms with E-state index in [9.17, 15) is 15.3 Å². The minimum atomic E-state index is -1.00. The molecule has 1 heterocycles. The summed E-state index contributed by atoms with van der Waals surface area (Å²) in [7, 11) is 0. The molecule has 0 aromatic rings. The van der Waals surface area contributed by atoms with Crippen molar-refractivity contribution in [3.63, 3.8) is 0 Å². The summed E-state index contributed by atoms with van der Waals surface area (Å²) >= 11 is 2.00. The topological polar surface area (TPSA) is 72.7 Å². The zero-order chi connectivity index (χ0) is 13.0. The van der Waals surface area contributed by atoms with E-state index in [0.29, 0.717) is 6.54 Å². The number of thioether (sulfide) groups is 1. The minimum Gasteiger partial charge on any atom is -0.389 e. The van der Waals surface area contributed by atoms with Crippen molar-refractivity contribution in [1.29, 1.82) is 0 Å². The van der Waals surface area contributed by atoms with E-state index in [1.165, 1.54) is 32.1 Å². The summed E-state index contributed by atoms with van der Waals surface area (Å²) in [6.45, 7) is 0.372. The van der Waals surface area contributed by atoms with Gasteiger partial charge in [0.25, 0.3) is 0 Å². The molecule has 0 aromatic heterocycles. The van der Waals surface area contributed by atoms with Gasteiger partial charge in [0.1, 0.15) is 6.10 Å². The first kappa shape index (κ1) is 14.6. The zero-order valence-electron chi connectivity index (χ0n) is 10.8. The number of rotatable bonds is 4. The van der Waals surface area contributed by atoms with Crippen molar-refractivity contribution in [2.45, 2.75) is 68.1 Å². The predicted octanol–water partition coefficient (Wildman–Crippen LogP) is 0.497. The summed E-state index contributed by atoms with van der Waals surface area (Å²) in [6.07, 6.45) is 4.90. The molecule has 0 spiro atoms. The maximum absolute atomic E-state index is 9.86. The molecule has 0 bridgehead atoms. The molecule has 2 aliphatic rings. The molecule has 4 N–H and O–H groups in total. The lowest BCUT2D eigenvalue weighted by atomic mass is 9.94. The minimum absolute atomic E-state index is 0.0838. The van der Waals surface area contributed by atoms with Crippen LogP contribution in [0.5, 0.6) is 0 Å². The molecule has 1 saturated heterocycles. The van der Waals surface area contributed by atoms with E-state index < -0.39 is 18.3 Å². The van der Waals surface area contributed by atoms with Gasteiger partial charge in [-0.05, 0) is 25.0 Å². The molecule has 106 valence electrons. The van der Waals surface area contributed by atoms with Crippen molar-refractivity contribution in [3.05, 3.63) is 0 Å². The molecule has 1 aliphatic heterocycles.